The minimum absolute atomic E-state index is 0.114. The Bertz CT molecular complexity index is 1420. The van der Waals surface area contributed by atoms with E-state index in [1.54, 1.807) is 12.4 Å². The van der Waals surface area contributed by atoms with Crippen molar-refractivity contribution in [3.8, 4) is 16.9 Å². The van der Waals surface area contributed by atoms with Gasteiger partial charge in [-0.2, -0.15) is 0 Å². The minimum Gasteiger partial charge on any atom is -0.485 e. The zero-order valence-corrected chi connectivity index (χ0v) is 19.9. The minimum atomic E-state index is -0.357. The summed E-state index contributed by atoms with van der Waals surface area (Å²) in [6.45, 7) is 1.60. The van der Waals surface area contributed by atoms with Crippen molar-refractivity contribution < 1.29 is 4.74 Å². The summed E-state index contributed by atoms with van der Waals surface area (Å²) in [6, 6.07) is 10.4. The highest BCUT2D eigenvalue weighted by atomic mass is 35.5. The number of ether oxygens (including phenoxy) is 1. The van der Waals surface area contributed by atoms with Crippen LogP contribution in [-0.4, -0.2) is 44.1 Å². The molecule has 7 rings (SSSR count). The lowest BCUT2D eigenvalue weighted by molar-refractivity contribution is 0.0429. The van der Waals surface area contributed by atoms with Crippen LogP contribution >= 0.6 is 11.6 Å². The second-order valence-corrected chi connectivity index (χ2v) is 10.1. The number of piperidine rings is 1. The molecule has 3 aliphatic rings. The largest absolute Gasteiger partial charge is 0.485 e. The van der Waals surface area contributed by atoms with Gasteiger partial charge in [-0.15, -0.1) is 0 Å². The van der Waals surface area contributed by atoms with Crippen LogP contribution in [0, 0.1) is 0 Å². The molecule has 1 saturated heterocycles. The van der Waals surface area contributed by atoms with Crippen molar-refractivity contribution in [2.24, 2.45) is 5.73 Å². The van der Waals surface area contributed by atoms with Gasteiger partial charge in [-0.3, -0.25) is 4.40 Å². The standard InChI is InChI=1S/C26H26ClN7O/c27-21-17(7-10-29-23(21)32-16-5-6-16)19-15-31-25(34-14-11-30-24(19)34)33-12-8-26(9-13-33)22(28)18-3-1-2-4-20(18)35-26/h1-4,7,10-11,14-16,22H,5-6,8-9,12-13,28H2,(H,29,32)/t22-/m1/s1. The number of aromatic nitrogens is 4. The Labute approximate surface area is 208 Å². The molecule has 0 bridgehead atoms. The van der Waals surface area contributed by atoms with Crippen molar-refractivity contribution in [3.63, 3.8) is 0 Å². The SMILES string of the molecule is N[C@@H]1c2ccccc2OC12CCN(c1ncc(-c3ccnc(NC4CC4)c3Cl)c3nccn13)CC2. The first kappa shape index (κ1) is 21.0. The number of halogens is 1. The van der Waals surface area contributed by atoms with Crippen LogP contribution in [-0.2, 0) is 0 Å². The Balaban J connectivity index is 1.18. The Morgan fingerprint density at radius 1 is 1.03 bits per heavy atom. The fourth-order valence-corrected chi connectivity index (χ4v) is 5.67. The van der Waals surface area contributed by atoms with Crippen molar-refractivity contribution in [2.45, 2.75) is 43.4 Å². The van der Waals surface area contributed by atoms with Gasteiger partial charge in [-0.1, -0.05) is 29.8 Å². The van der Waals surface area contributed by atoms with Gasteiger partial charge in [0.1, 0.15) is 22.8 Å². The molecule has 0 unspecified atom stereocenters. The van der Waals surface area contributed by atoms with Crippen LogP contribution in [0.1, 0.15) is 37.3 Å². The molecule has 35 heavy (non-hydrogen) atoms. The molecule has 8 nitrogen and oxygen atoms in total. The lowest BCUT2D eigenvalue weighted by Crippen LogP contribution is -2.52. The maximum Gasteiger partial charge on any atom is 0.211 e. The van der Waals surface area contributed by atoms with E-state index in [4.69, 9.17) is 27.1 Å². The predicted octanol–water partition coefficient (Wildman–Crippen LogP) is 4.45. The predicted molar refractivity (Wildman–Crippen MR) is 136 cm³/mol. The summed E-state index contributed by atoms with van der Waals surface area (Å²) in [7, 11) is 0. The smallest absolute Gasteiger partial charge is 0.211 e. The molecule has 2 fully saturated rings. The van der Waals surface area contributed by atoms with Gasteiger partial charge in [0, 0.05) is 73.5 Å². The summed E-state index contributed by atoms with van der Waals surface area (Å²) in [4.78, 5) is 16.3. The third-order valence-corrected chi connectivity index (χ3v) is 7.91. The molecule has 1 aromatic carbocycles. The third kappa shape index (κ3) is 3.35. The number of nitrogens with zero attached hydrogens (tertiary/aromatic N) is 5. The van der Waals surface area contributed by atoms with E-state index < -0.39 is 0 Å². The van der Waals surface area contributed by atoms with Crippen LogP contribution in [0.3, 0.4) is 0 Å². The molecule has 3 N–H and O–H groups in total. The fourth-order valence-electron chi connectivity index (χ4n) is 5.40. The van der Waals surface area contributed by atoms with Crippen LogP contribution in [0.2, 0.25) is 5.02 Å². The maximum atomic E-state index is 6.77. The van der Waals surface area contributed by atoms with Crippen LogP contribution in [0.15, 0.2) is 55.1 Å². The number of fused-ring (bicyclic) bond motifs is 2. The highest BCUT2D eigenvalue weighted by Crippen LogP contribution is 2.47. The van der Waals surface area contributed by atoms with E-state index in [1.165, 1.54) is 0 Å². The number of hydrogen-bond donors (Lipinski definition) is 2. The zero-order valence-electron chi connectivity index (χ0n) is 19.2. The summed E-state index contributed by atoms with van der Waals surface area (Å²) in [5.74, 6) is 2.50. The fraction of sp³-hybridized carbons (Fsp3) is 0.346. The normalized spacial score (nSPS) is 20.7. The molecule has 2 aliphatic heterocycles. The van der Waals surface area contributed by atoms with Crippen molar-refractivity contribution >= 4 is 29.0 Å². The third-order valence-electron chi connectivity index (χ3n) is 7.53. The molecule has 0 amide bonds. The lowest BCUT2D eigenvalue weighted by atomic mass is 9.83. The number of rotatable bonds is 4. The monoisotopic (exact) mass is 487 g/mol. The Morgan fingerprint density at radius 3 is 2.66 bits per heavy atom. The summed E-state index contributed by atoms with van der Waals surface area (Å²) in [6.07, 6.45) is 11.4. The van der Waals surface area contributed by atoms with E-state index in [2.05, 4.69) is 26.3 Å². The van der Waals surface area contributed by atoms with Crippen molar-refractivity contribution in [1.82, 2.24) is 19.4 Å². The van der Waals surface area contributed by atoms with E-state index in [1.807, 2.05) is 41.1 Å². The van der Waals surface area contributed by atoms with Gasteiger partial charge in [0.15, 0.2) is 0 Å². The topological polar surface area (TPSA) is 93.6 Å². The maximum absolute atomic E-state index is 6.77. The van der Waals surface area contributed by atoms with Crippen LogP contribution in [0.25, 0.3) is 16.8 Å². The van der Waals surface area contributed by atoms with Crippen molar-refractivity contribution in [1.29, 1.82) is 0 Å². The number of nitrogens with two attached hydrogens (primary N) is 1. The van der Waals surface area contributed by atoms with Gasteiger partial charge in [-0.05, 0) is 25.0 Å². The summed E-state index contributed by atoms with van der Waals surface area (Å²) in [5, 5.41) is 4.01. The van der Waals surface area contributed by atoms with Crippen molar-refractivity contribution in [2.75, 3.05) is 23.3 Å². The molecule has 1 saturated carbocycles. The number of hydrogen-bond acceptors (Lipinski definition) is 7. The van der Waals surface area contributed by atoms with E-state index in [-0.39, 0.29) is 11.6 Å². The number of benzene rings is 1. The molecule has 1 aliphatic carbocycles. The molecule has 178 valence electrons. The van der Waals surface area contributed by atoms with E-state index in [0.717, 1.165) is 78.6 Å². The number of anilines is 2. The molecule has 1 spiro atoms. The number of imidazole rings is 1. The molecule has 3 aromatic heterocycles. The highest BCUT2D eigenvalue weighted by Gasteiger charge is 2.48. The highest BCUT2D eigenvalue weighted by molar-refractivity contribution is 6.35. The second kappa shape index (κ2) is 7.83. The first-order valence-corrected chi connectivity index (χ1v) is 12.5. The van der Waals surface area contributed by atoms with Crippen LogP contribution in [0.5, 0.6) is 5.75 Å². The van der Waals surface area contributed by atoms with Crippen molar-refractivity contribution in [3.05, 3.63) is 65.7 Å². The number of pyridine rings is 1. The summed E-state index contributed by atoms with van der Waals surface area (Å²) < 4.78 is 8.46. The van der Waals surface area contributed by atoms with Gasteiger partial charge in [0.25, 0.3) is 0 Å². The van der Waals surface area contributed by atoms with Crippen LogP contribution in [0.4, 0.5) is 11.8 Å². The molecule has 1 atom stereocenters. The summed E-state index contributed by atoms with van der Waals surface area (Å²) >= 11 is 6.77. The molecule has 0 radical (unpaired) electrons. The first-order valence-electron chi connectivity index (χ1n) is 12.1. The molecular formula is C26H26ClN7O. The zero-order chi connectivity index (χ0) is 23.6. The van der Waals surface area contributed by atoms with E-state index >= 15 is 0 Å². The van der Waals surface area contributed by atoms with Gasteiger partial charge in [-0.25, -0.2) is 15.0 Å². The van der Waals surface area contributed by atoms with E-state index in [9.17, 15) is 0 Å². The number of nitrogens with one attached hydrogen (secondary N) is 1. The average molecular weight is 488 g/mol. The number of para-hydroxylation sites is 1. The van der Waals surface area contributed by atoms with Crippen LogP contribution < -0.4 is 20.7 Å². The quantitative estimate of drug-likeness (QED) is 0.439. The van der Waals surface area contributed by atoms with Gasteiger partial charge in [0.05, 0.1) is 11.1 Å². The molecular weight excluding hydrogens is 462 g/mol. The van der Waals surface area contributed by atoms with Gasteiger partial charge >= 0.3 is 0 Å². The summed E-state index contributed by atoms with van der Waals surface area (Å²) in [5.41, 5.74) is 9.99. The van der Waals surface area contributed by atoms with E-state index in [0.29, 0.717) is 11.1 Å². The molecule has 5 heterocycles. The Hall–Kier alpha value is -3.36. The van der Waals surface area contributed by atoms with Gasteiger partial charge < -0.3 is 20.7 Å². The average Bonchev–Trinajstić information content (AvgIpc) is 3.48. The molecule has 4 aromatic rings. The molecule has 9 heteroatoms. The lowest BCUT2D eigenvalue weighted by Gasteiger charge is -2.41. The Kier molecular flexibility index (Phi) is 4.69. The Morgan fingerprint density at radius 2 is 1.86 bits per heavy atom. The second-order valence-electron chi connectivity index (χ2n) is 9.70. The van der Waals surface area contributed by atoms with Gasteiger partial charge in [0.2, 0.25) is 5.95 Å². The first-order chi connectivity index (χ1) is 17.1.